The average molecular weight is 401 g/mol. The van der Waals surface area contributed by atoms with Crippen molar-refractivity contribution >= 4 is 5.65 Å². The number of fused-ring (bicyclic) bond motifs is 1. The molecule has 29 heavy (non-hydrogen) atoms. The lowest BCUT2D eigenvalue weighted by atomic mass is 10.1. The van der Waals surface area contributed by atoms with E-state index in [1.165, 1.54) is 15.3 Å². The van der Waals surface area contributed by atoms with Crippen molar-refractivity contribution < 1.29 is 13.2 Å². The quantitative estimate of drug-likeness (QED) is 0.566. The van der Waals surface area contributed by atoms with Crippen LogP contribution in [-0.4, -0.2) is 24.4 Å². The lowest BCUT2D eigenvalue weighted by Crippen LogP contribution is -2.17. The monoisotopic (exact) mass is 401 g/mol. The summed E-state index contributed by atoms with van der Waals surface area (Å²) < 4.78 is 41.2. The fourth-order valence-corrected chi connectivity index (χ4v) is 3.37. The zero-order valence-corrected chi connectivity index (χ0v) is 15.8. The van der Waals surface area contributed by atoms with Crippen LogP contribution in [-0.2, 0) is 19.1 Å². The van der Waals surface area contributed by atoms with Crippen molar-refractivity contribution in [2.24, 2.45) is 0 Å². The zero-order valence-electron chi connectivity index (χ0n) is 15.8. The molecule has 0 aliphatic heterocycles. The van der Waals surface area contributed by atoms with E-state index in [-0.39, 0.29) is 18.5 Å². The van der Waals surface area contributed by atoms with Crippen LogP contribution in [0.15, 0.2) is 47.3 Å². The second-order valence-corrected chi connectivity index (χ2v) is 6.86. The number of aromatic nitrogens is 5. The molecule has 0 atom stereocenters. The van der Waals surface area contributed by atoms with Crippen molar-refractivity contribution in [3.05, 3.63) is 75.6 Å². The third kappa shape index (κ3) is 3.55. The van der Waals surface area contributed by atoms with Crippen LogP contribution in [0.5, 0.6) is 0 Å². The lowest BCUT2D eigenvalue weighted by molar-refractivity contribution is -0.141. The van der Waals surface area contributed by atoms with Crippen LogP contribution in [0.25, 0.3) is 16.8 Å². The predicted octanol–water partition coefficient (Wildman–Crippen LogP) is 3.76. The largest absolute Gasteiger partial charge is 0.435 e. The van der Waals surface area contributed by atoms with Crippen molar-refractivity contribution in [2.75, 3.05) is 0 Å². The van der Waals surface area contributed by atoms with E-state index >= 15 is 0 Å². The number of rotatable bonds is 4. The van der Waals surface area contributed by atoms with Crippen LogP contribution in [0.3, 0.4) is 0 Å². The minimum Gasteiger partial charge on any atom is -0.293 e. The molecule has 1 aromatic carbocycles. The van der Waals surface area contributed by atoms with Gasteiger partial charge >= 0.3 is 6.18 Å². The van der Waals surface area contributed by atoms with E-state index in [0.29, 0.717) is 17.0 Å². The molecule has 150 valence electrons. The fraction of sp³-hybridized carbons (Fsp3) is 0.250. The van der Waals surface area contributed by atoms with Gasteiger partial charge in [-0.2, -0.15) is 18.3 Å². The van der Waals surface area contributed by atoms with Crippen LogP contribution in [0.4, 0.5) is 13.2 Å². The summed E-state index contributed by atoms with van der Waals surface area (Å²) in [5, 5.41) is 6.65. The molecule has 0 radical (unpaired) electrons. The highest BCUT2D eigenvalue weighted by Crippen LogP contribution is 2.29. The number of hydrogen-bond acceptors (Lipinski definition) is 3. The molecule has 0 amide bonds. The Morgan fingerprint density at radius 1 is 1.10 bits per heavy atom. The van der Waals surface area contributed by atoms with Gasteiger partial charge in [-0.3, -0.25) is 14.6 Å². The zero-order chi connectivity index (χ0) is 20.8. The SMILES string of the molecule is Cc1[nH]n2c(=O)cc(CCn3nc(C(F)(F)F)cc3C)nc2c1-c1ccccc1. The number of nitrogens with one attached hydrogen (secondary N) is 1. The van der Waals surface area contributed by atoms with E-state index in [1.54, 1.807) is 6.92 Å². The lowest BCUT2D eigenvalue weighted by Gasteiger charge is -2.06. The Labute approximate surface area is 163 Å². The first-order valence-corrected chi connectivity index (χ1v) is 9.02. The Morgan fingerprint density at radius 3 is 2.48 bits per heavy atom. The first-order chi connectivity index (χ1) is 13.7. The molecule has 0 aliphatic rings. The first kappa shape index (κ1) is 19.0. The summed E-state index contributed by atoms with van der Waals surface area (Å²) in [5.74, 6) is 0. The minimum absolute atomic E-state index is 0.189. The van der Waals surface area contributed by atoms with Crippen LogP contribution in [0, 0.1) is 13.8 Å². The average Bonchev–Trinajstić information content (AvgIpc) is 3.20. The summed E-state index contributed by atoms with van der Waals surface area (Å²) in [6.07, 6.45) is -4.21. The molecule has 3 heterocycles. The van der Waals surface area contributed by atoms with Gasteiger partial charge in [0.2, 0.25) is 0 Å². The molecule has 0 fully saturated rings. The van der Waals surface area contributed by atoms with Crippen molar-refractivity contribution in [3.63, 3.8) is 0 Å². The molecule has 0 unspecified atom stereocenters. The van der Waals surface area contributed by atoms with Gasteiger partial charge in [0.05, 0.1) is 5.69 Å². The molecule has 0 aliphatic carbocycles. The van der Waals surface area contributed by atoms with Gasteiger partial charge in [-0.15, -0.1) is 0 Å². The maximum Gasteiger partial charge on any atom is 0.435 e. The summed E-state index contributed by atoms with van der Waals surface area (Å²) in [6, 6.07) is 12.0. The van der Waals surface area contributed by atoms with E-state index in [2.05, 4.69) is 15.2 Å². The van der Waals surface area contributed by atoms with E-state index < -0.39 is 11.9 Å². The van der Waals surface area contributed by atoms with Crippen LogP contribution >= 0.6 is 0 Å². The van der Waals surface area contributed by atoms with Crippen molar-refractivity contribution in [2.45, 2.75) is 33.0 Å². The number of aryl methyl sites for hydroxylation is 4. The third-order valence-electron chi connectivity index (χ3n) is 4.76. The number of aromatic amines is 1. The number of benzene rings is 1. The Bertz CT molecular complexity index is 1230. The highest BCUT2D eigenvalue weighted by Gasteiger charge is 2.34. The maximum absolute atomic E-state index is 12.8. The molecule has 3 aromatic heterocycles. The topological polar surface area (TPSA) is 68.0 Å². The minimum atomic E-state index is -4.49. The standard InChI is InChI=1S/C20H18F3N5O/c1-12-10-16(20(21,22)23)26-27(12)9-8-15-11-17(29)28-19(24-15)18(13(2)25-28)14-6-4-3-5-7-14/h3-7,10-11,25H,8-9H2,1-2H3. The van der Waals surface area contributed by atoms with Gasteiger partial charge in [0.25, 0.3) is 5.56 Å². The Morgan fingerprint density at radius 2 is 1.83 bits per heavy atom. The first-order valence-electron chi connectivity index (χ1n) is 9.02. The van der Waals surface area contributed by atoms with Crippen LogP contribution in [0.2, 0.25) is 0 Å². The van der Waals surface area contributed by atoms with Crippen molar-refractivity contribution in [1.29, 1.82) is 0 Å². The van der Waals surface area contributed by atoms with Gasteiger partial charge in [-0.25, -0.2) is 9.50 Å². The Balaban J connectivity index is 1.69. The smallest absolute Gasteiger partial charge is 0.293 e. The molecule has 0 spiro atoms. The summed E-state index contributed by atoms with van der Waals surface area (Å²) in [7, 11) is 0. The van der Waals surface area contributed by atoms with Crippen LogP contribution < -0.4 is 5.56 Å². The Hall–Kier alpha value is -3.36. The molecule has 9 heteroatoms. The van der Waals surface area contributed by atoms with Gasteiger partial charge < -0.3 is 0 Å². The molecule has 0 saturated heterocycles. The molecular weight excluding hydrogens is 383 g/mol. The van der Waals surface area contributed by atoms with Gasteiger partial charge in [-0.05, 0) is 25.5 Å². The number of hydrogen-bond donors (Lipinski definition) is 1. The summed E-state index contributed by atoms with van der Waals surface area (Å²) >= 11 is 0. The fourth-order valence-electron chi connectivity index (χ4n) is 3.37. The molecule has 4 rings (SSSR count). The summed E-state index contributed by atoms with van der Waals surface area (Å²) in [5.41, 5.74) is 2.73. The number of H-pyrrole nitrogens is 1. The second kappa shape index (κ2) is 6.91. The molecule has 0 bridgehead atoms. The highest BCUT2D eigenvalue weighted by molar-refractivity contribution is 5.79. The molecule has 6 nitrogen and oxygen atoms in total. The van der Waals surface area contributed by atoms with E-state index in [9.17, 15) is 18.0 Å². The predicted molar refractivity (Wildman–Crippen MR) is 102 cm³/mol. The van der Waals surface area contributed by atoms with E-state index in [4.69, 9.17) is 0 Å². The number of alkyl halides is 3. The van der Waals surface area contributed by atoms with Gasteiger partial charge in [-0.1, -0.05) is 30.3 Å². The third-order valence-corrected chi connectivity index (χ3v) is 4.76. The highest BCUT2D eigenvalue weighted by atomic mass is 19.4. The van der Waals surface area contributed by atoms with E-state index in [1.807, 2.05) is 37.3 Å². The molecule has 1 N–H and O–H groups in total. The molecular formula is C20H18F3N5O. The number of halogens is 3. The van der Waals surface area contributed by atoms with Crippen LogP contribution in [0.1, 0.15) is 22.8 Å². The molecule has 0 saturated carbocycles. The summed E-state index contributed by atoms with van der Waals surface area (Å²) in [4.78, 5) is 17.1. The second-order valence-electron chi connectivity index (χ2n) is 6.86. The van der Waals surface area contributed by atoms with Crippen molar-refractivity contribution in [3.8, 4) is 11.1 Å². The summed E-state index contributed by atoms with van der Waals surface area (Å²) in [6.45, 7) is 3.62. The number of nitrogens with zero attached hydrogens (tertiary/aromatic N) is 4. The van der Waals surface area contributed by atoms with E-state index in [0.717, 1.165) is 22.9 Å². The van der Waals surface area contributed by atoms with Crippen molar-refractivity contribution in [1.82, 2.24) is 24.4 Å². The maximum atomic E-state index is 12.8. The molecule has 4 aromatic rings. The van der Waals surface area contributed by atoms with Gasteiger partial charge in [0.15, 0.2) is 11.3 Å². The van der Waals surface area contributed by atoms with Gasteiger partial charge in [0.1, 0.15) is 0 Å². The van der Waals surface area contributed by atoms with Gasteiger partial charge in [0, 0.05) is 36.0 Å². The normalized spacial score (nSPS) is 12.0. The Kier molecular flexibility index (Phi) is 4.52.